The smallest absolute Gasteiger partial charge is 0.321 e. The van der Waals surface area contributed by atoms with Crippen LogP contribution in [0.15, 0.2) is 35.6 Å². The second kappa shape index (κ2) is 6.82. The number of imidazole rings is 1. The molecule has 1 aromatic carbocycles. The molecule has 6 nitrogen and oxygen atoms in total. The molecule has 1 aliphatic rings. The number of nitrogens with zero attached hydrogens (tertiary/aromatic N) is 1. The number of halogens is 1. The number of benzene rings is 1. The highest BCUT2D eigenvalue weighted by atomic mass is 32.2. The molecule has 0 atom stereocenters. The minimum atomic E-state index is -0.454. The Hall–Kier alpha value is -2.35. The summed E-state index contributed by atoms with van der Waals surface area (Å²) in [5, 5.41) is 5.51. The molecule has 0 bridgehead atoms. The van der Waals surface area contributed by atoms with Gasteiger partial charge in [0.15, 0.2) is 5.16 Å². The van der Waals surface area contributed by atoms with E-state index in [4.69, 9.17) is 0 Å². The number of thioether (sulfide) groups is 1. The van der Waals surface area contributed by atoms with Crippen LogP contribution in [0, 0.1) is 5.82 Å². The summed E-state index contributed by atoms with van der Waals surface area (Å²) < 4.78 is 12.9. The predicted octanol–water partition coefficient (Wildman–Crippen LogP) is 2.30. The van der Waals surface area contributed by atoms with Crippen molar-refractivity contribution < 1.29 is 14.0 Å². The Labute approximate surface area is 136 Å². The summed E-state index contributed by atoms with van der Waals surface area (Å²) in [6.45, 7) is 0. The van der Waals surface area contributed by atoms with Crippen molar-refractivity contribution >= 4 is 23.7 Å². The van der Waals surface area contributed by atoms with Gasteiger partial charge in [-0.3, -0.25) is 10.1 Å². The normalized spacial score (nSPS) is 13.6. The number of rotatable bonds is 5. The number of amides is 3. The van der Waals surface area contributed by atoms with Crippen LogP contribution in [0.5, 0.6) is 0 Å². The first-order chi connectivity index (χ1) is 11.1. The predicted molar refractivity (Wildman–Crippen MR) is 84.4 cm³/mol. The van der Waals surface area contributed by atoms with Gasteiger partial charge >= 0.3 is 6.03 Å². The van der Waals surface area contributed by atoms with E-state index in [-0.39, 0.29) is 23.5 Å². The zero-order chi connectivity index (χ0) is 16.2. The van der Waals surface area contributed by atoms with Crippen LogP contribution in [-0.4, -0.2) is 33.7 Å². The summed E-state index contributed by atoms with van der Waals surface area (Å²) in [7, 11) is 0. The lowest BCUT2D eigenvalue weighted by atomic mass is 10.2. The van der Waals surface area contributed by atoms with Gasteiger partial charge in [-0.25, -0.2) is 14.2 Å². The van der Waals surface area contributed by atoms with Crippen molar-refractivity contribution in [3.8, 4) is 11.3 Å². The summed E-state index contributed by atoms with van der Waals surface area (Å²) >= 11 is 1.19. The van der Waals surface area contributed by atoms with Gasteiger partial charge in [0.05, 0.1) is 17.6 Å². The summed E-state index contributed by atoms with van der Waals surface area (Å²) in [4.78, 5) is 30.3. The van der Waals surface area contributed by atoms with E-state index in [0.717, 1.165) is 24.1 Å². The van der Waals surface area contributed by atoms with Crippen LogP contribution in [0.3, 0.4) is 0 Å². The van der Waals surface area contributed by atoms with Gasteiger partial charge in [0, 0.05) is 6.04 Å². The molecular weight excluding hydrogens is 319 g/mol. The van der Waals surface area contributed by atoms with Crippen molar-refractivity contribution in [1.82, 2.24) is 20.6 Å². The molecule has 120 valence electrons. The molecule has 1 fully saturated rings. The lowest BCUT2D eigenvalue weighted by Crippen LogP contribution is -2.41. The lowest BCUT2D eigenvalue weighted by molar-refractivity contribution is -0.117. The van der Waals surface area contributed by atoms with Crippen LogP contribution in [0.25, 0.3) is 11.3 Å². The van der Waals surface area contributed by atoms with Crippen LogP contribution in [0.1, 0.15) is 12.8 Å². The van der Waals surface area contributed by atoms with Crippen LogP contribution < -0.4 is 10.6 Å². The van der Waals surface area contributed by atoms with E-state index in [1.54, 1.807) is 18.3 Å². The molecule has 1 aromatic heterocycles. The van der Waals surface area contributed by atoms with Crippen molar-refractivity contribution in [1.29, 1.82) is 0 Å². The number of hydrogen-bond acceptors (Lipinski definition) is 4. The fourth-order valence-corrected chi connectivity index (χ4v) is 2.55. The molecular formula is C15H15FN4O2S. The van der Waals surface area contributed by atoms with E-state index >= 15 is 0 Å². The van der Waals surface area contributed by atoms with E-state index in [1.165, 1.54) is 23.9 Å². The van der Waals surface area contributed by atoms with Gasteiger partial charge in [-0.15, -0.1) is 0 Å². The molecule has 1 saturated carbocycles. The molecule has 3 amide bonds. The van der Waals surface area contributed by atoms with E-state index in [1.807, 2.05) is 0 Å². The number of carbonyl (C=O) groups excluding carboxylic acids is 2. The first-order valence-electron chi connectivity index (χ1n) is 7.14. The maximum absolute atomic E-state index is 12.9. The van der Waals surface area contributed by atoms with Gasteiger partial charge in [-0.1, -0.05) is 11.8 Å². The average Bonchev–Trinajstić information content (AvgIpc) is 3.20. The summed E-state index contributed by atoms with van der Waals surface area (Å²) in [6.07, 6.45) is 3.55. The quantitative estimate of drug-likeness (QED) is 0.732. The zero-order valence-electron chi connectivity index (χ0n) is 12.1. The topological polar surface area (TPSA) is 86.9 Å². The fourth-order valence-electron chi connectivity index (χ4n) is 1.90. The monoisotopic (exact) mass is 334 g/mol. The van der Waals surface area contributed by atoms with Gasteiger partial charge in [0.1, 0.15) is 5.82 Å². The fraction of sp³-hybridized carbons (Fsp3) is 0.267. The molecule has 0 aliphatic heterocycles. The number of aromatic amines is 1. The van der Waals surface area contributed by atoms with Crippen LogP contribution in [-0.2, 0) is 4.79 Å². The molecule has 2 aromatic rings. The van der Waals surface area contributed by atoms with Crippen molar-refractivity contribution in [3.63, 3.8) is 0 Å². The van der Waals surface area contributed by atoms with Gasteiger partial charge in [0.2, 0.25) is 5.91 Å². The highest BCUT2D eigenvalue weighted by molar-refractivity contribution is 7.99. The summed E-state index contributed by atoms with van der Waals surface area (Å²) in [5.41, 5.74) is 1.54. The second-order valence-electron chi connectivity index (χ2n) is 5.19. The number of aromatic nitrogens is 2. The van der Waals surface area contributed by atoms with Gasteiger partial charge in [-0.05, 0) is 42.7 Å². The average molecular weight is 334 g/mol. The molecule has 0 radical (unpaired) electrons. The third-order valence-electron chi connectivity index (χ3n) is 3.21. The Morgan fingerprint density at radius 3 is 2.74 bits per heavy atom. The first kappa shape index (κ1) is 15.5. The number of urea groups is 1. The summed E-state index contributed by atoms with van der Waals surface area (Å²) in [6, 6.07) is 5.78. The molecule has 1 heterocycles. The third-order valence-corrected chi connectivity index (χ3v) is 4.10. The highest BCUT2D eigenvalue weighted by Gasteiger charge is 2.23. The van der Waals surface area contributed by atoms with E-state index in [2.05, 4.69) is 20.6 Å². The van der Waals surface area contributed by atoms with Crippen LogP contribution in [0.2, 0.25) is 0 Å². The molecule has 3 rings (SSSR count). The van der Waals surface area contributed by atoms with Gasteiger partial charge < -0.3 is 10.3 Å². The largest absolute Gasteiger partial charge is 0.335 e. The number of imide groups is 1. The molecule has 3 N–H and O–H groups in total. The Morgan fingerprint density at radius 2 is 2.04 bits per heavy atom. The van der Waals surface area contributed by atoms with E-state index in [0.29, 0.717) is 5.16 Å². The zero-order valence-corrected chi connectivity index (χ0v) is 13.0. The van der Waals surface area contributed by atoms with E-state index in [9.17, 15) is 14.0 Å². The SMILES string of the molecule is O=C(CSc1ncc(-c2ccc(F)cc2)[nH]1)NC(=O)NC1CC1. The number of H-pyrrole nitrogens is 1. The molecule has 0 saturated heterocycles. The third kappa shape index (κ3) is 4.56. The number of nitrogens with one attached hydrogen (secondary N) is 3. The van der Waals surface area contributed by atoms with Crippen LogP contribution >= 0.6 is 11.8 Å². The standard InChI is InChI=1S/C15H15FN4O2S/c16-10-3-1-9(2-4-10)12-7-17-15(19-12)23-8-13(21)20-14(22)18-11-5-6-11/h1-4,7,11H,5-6,8H2,(H,17,19)(H2,18,20,21,22). The van der Waals surface area contributed by atoms with Gasteiger partial charge in [-0.2, -0.15) is 0 Å². The first-order valence-corrected chi connectivity index (χ1v) is 8.13. The molecule has 0 unspecified atom stereocenters. The van der Waals surface area contributed by atoms with E-state index < -0.39 is 6.03 Å². The molecule has 0 spiro atoms. The Balaban J connectivity index is 1.49. The molecule has 8 heteroatoms. The number of hydrogen-bond donors (Lipinski definition) is 3. The minimum absolute atomic E-state index is 0.0778. The molecule has 1 aliphatic carbocycles. The van der Waals surface area contributed by atoms with Crippen molar-refractivity contribution in [2.45, 2.75) is 24.0 Å². The maximum Gasteiger partial charge on any atom is 0.321 e. The highest BCUT2D eigenvalue weighted by Crippen LogP contribution is 2.21. The van der Waals surface area contributed by atoms with Crippen LogP contribution in [0.4, 0.5) is 9.18 Å². The maximum atomic E-state index is 12.9. The van der Waals surface area contributed by atoms with Crippen molar-refractivity contribution in [3.05, 3.63) is 36.3 Å². The Morgan fingerprint density at radius 1 is 1.30 bits per heavy atom. The number of carbonyl (C=O) groups is 2. The molecule has 23 heavy (non-hydrogen) atoms. The lowest BCUT2D eigenvalue weighted by Gasteiger charge is -2.04. The Kier molecular flexibility index (Phi) is 4.61. The van der Waals surface area contributed by atoms with Gasteiger partial charge in [0.25, 0.3) is 0 Å². The Bertz CT molecular complexity index is 713. The van der Waals surface area contributed by atoms with Crippen molar-refractivity contribution in [2.75, 3.05) is 5.75 Å². The summed E-state index contributed by atoms with van der Waals surface area (Å²) in [5.74, 6) is -0.606. The van der Waals surface area contributed by atoms with Crippen molar-refractivity contribution in [2.24, 2.45) is 0 Å². The second-order valence-corrected chi connectivity index (χ2v) is 6.16. The minimum Gasteiger partial charge on any atom is -0.335 e.